The van der Waals surface area contributed by atoms with Crippen LogP contribution in [-0.2, 0) is 20.4 Å². The van der Waals surface area contributed by atoms with Crippen molar-refractivity contribution in [3.05, 3.63) is 76.8 Å². The molecule has 5 nitrogen and oxygen atoms in total. The first kappa shape index (κ1) is 29.2. The maximum Gasteiger partial charge on any atom is 0.494 e. The first-order valence-corrected chi connectivity index (χ1v) is 14.4. The van der Waals surface area contributed by atoms with Crippen LogP contribution in [0.2, 0.25) is 0 Å². The molecule has 1 heterocycles. The Morgan fingerprint density at radius 3 is 2.38 bits per heavy atom. The molecule has 0 amide bonds. The minimum Gasteiger partial charge on any atom is -0.482 e. The van der Waals surface area contributed by atoms with E-state index in [-0.39, 0.29) is 5.92 Å². The zero-order chi connectivity index (χ0) is 29.1. The average molecular weight is 541 g/mol. The van der Waals surface area contributed by atoms with Crippen molar-refractivity contribution in [2.24, 2.45) is 5.92 Å². The predicted molar refractivity (Wildman–Crippen MR) is 164 cm³/mol. The van der Waals surface area contributed by atoms with Crippen LogP contribution >= 0.6 is 0 Å². The van der Waals surface area contributed by atoms with Gasteiger partial charge in [0, 0.05) is 11.5 Å². The van der Waals surface area contributed by atoms with E-state index in [0.29, 0.717) is 0 Å². The Hall–Kier alpha value is -2.31. The van der Waals surface area contributed by atoms with Crippen LogP contribution < -0.4 is 10.2 Å². The molecule has 7 heteroatoms. The third kappa shape index (κ3) is 5.34. The van der Waals surface area contributed by atoms with E-state index >= 15 is 0 Å². The van der Waals surface area contributed by atoms with Crippen LogP contribution in [-0.4, -0.2) is 47.7 Å². The molecule has 1 saturated heterocycles. The van der Waals surface area contributed by atoms with Gasteiger partial charge in [0.2, 0.25) is 0 Å². The van der Waals surface area contributed by atoms with E-state index in [2.05, 4.69) is 95.4 Å². The molecular weight excluding hydrogens is 498 g/mol. The first-order chi connectivity index (χ1) is 18.5. The van der Waals surface area contributed by atoms with Gasteiger partial charge in [-0.15, -0.1) is 0 Å². The Morgan fingerprint density at radius 2 is 1.70 bits per heavy atom. The maximum absolute atomic E-state index is 10.6. The van der Waals surface area contributed by atoms with Crippen LogP contribution in [0.25, 0.3) is 6.08 Å². The minimum absolute atomic E-state index is 0.0284. The number of allylic oxidation sites excluding steroid dienone is 6. The third-order valence-electron chi connectivity index (χ3n) is 9.40. The molecule has 1 fully saturated rings. The van der Waals surface area contributed by atoms with Gasteiger partial charge in [0.1, 0.15) is 11.4 Å². The highest BCUT2D eigenvalue weighted by Gasteiger charge is 2.52. The number of fused-ring (bicyclic) bond motifs is 2. The van der Waals surface area contributed by atoms with Crippen molar-refractivity contribution in [2.45, 2.75) is 103 Å². The molecule has 2 atom stereocenters. The fraction of sp³-hybridized carbons (Fsp3) is 0.515. The largest absolute Gasteiger partial charge is 0.494 e. The fourth-order valence-corrected chi connectivity index (χ4v) is 5.37. The summed E-state index contributed by atoms with van der Waals surface area (Å²) in [6, 6.07) is 4.31. The summed E-state index contributed by atoms with van der Waals surface area (Å²) < 4.78 is 26.1. The molecule has 1 N–H and O–H groups in total. The van der Waals surface area contributed by atoms with Crippen molar-refractivity contribution in [3.63, 3.8) is 0 Å². The van der Waals surface area contributed by atoms with E-state index < -0.39 is 35.1 Å². The van der Waals surface area contributed by atoms with Gasteiger partial charge in [-0.05, 0) is 104 Å². The molecule has 3 aliphatic carbocycles. The summed E-state index contributed by atoms with van der Waals surface area (Å²) in [5.74, 6) is 0.846. The van der Waals surface area contributed by atoms with Crippen LogP contribution in [0.1, 0.15) is 79.9 Å². The zero-order valence-corrected chi connectivity index (χ0v) is 25.5. The molecule has 1 aromatic rings. The van der Waals surface area contributed by atoms with E-state index in [4.69, 9.17) is 18.7 Å². The number of benzene rings is 1. The number of hydrogen-bond donors (Lipinski definition) is 1. The molecule has 0 saturated carbocycles. The normalized spacial score (nSPS) is 26.6. The van der Waals surface area contributed by atoms with Crippen molar-refractivity contribution in [1.82, 2.24) is 0 Å². The van der Waals surface area contributed by atoms with Gasteiger partial charge in [-0.3, -0.25) is 0 Å². The summed E-state index contributed by atoms with van der Waals surface area (Å²) in [6.45, 7) is 17.7. The van der Waals surface area contributed by atoms with Crippen molar-refractivity contribution in [2.75, 3.05) is 0 Å². The summed E-state index contributed by atoms with van der Waals surface area (Å²) in [6.07, 6.45) is 19.0. The number of aliphatic hydroxyl groups is 1. The molecule has 1 aliphatic heterocycles. The maximum atomic E-state index is 10.6. The van der Waals surface area contributed by atoms with Gasteiger partial charge in [0.15, 0.2) is 0 Å². The van der Waals surface area contributed by atoms with E-state index in [1.54, 1.807) is 21.3 Å². The Balaban J connectivity index is 1.51. The van der Waals surface area contributed by atoms with Crippen LogP contribution in [0.15, 0.2) is 65.7 Å². The summed E-state index contributed by atoms with van der Waals surface area (Å²) >= 11 is 0. The van der Waals surface area contributed by atoms with Crippen molar-refractivity contribution >= 4 is 26.1 Å². The lowest BCUT2D eigenvalue weighted by molar-refractivity contribution is -0.0896. The second kappa shape index (κ2) is 9.90. The Kier molecular flexibility index (Phi) is 7.23. The number of ether oxygens (including phenoxy) is 1. The lowest BCUT2D eigenvalue weighted by Gasteiger charge is -2.41. The Morgan fingerprint density at radius 1 is 1.00 bits per heavy atom. The highest BCUT2D eigenvalue weighted by molar-refractivity contribution is 6.62. The van der Waals surface area contributed by atoms with Gasteiger partial charge in [-0.2, -0.15) is 0 Å². The molecule has 211 valence electrons. The van der Waals surface area contributed by atoms with Gasteiger partial charge in [-0.25, -0.2) is 0 Å². The van der Waals surface area contributed by atoms with Gasteiger partial charge < -0.3 is 23.8 Å². The van der Waals surface area contributed by atoms with E-state index in [1.165, 1.54) is 5.56 Å². The van der Waals surface area contributed by atoms with Gasteiger partial charge in [0.25, 0.3) is 0 Å². The van der Waals surface area contributed by atoms with Crippen molar-refractivity contribution in [3.8, 4) is 5.75 Å². The fourth-order valence-electron chi connectivity index (χ4n) is 5.37. The highest BCUT2D eigenvalue weighted by atomic mass is 16.7. The van der Waals surface area contributed by atoms with E-state index in [9.17, 15) is 5.11 Å². The molecule has 0 bridgehead atoms. The molecule has 1 radical (unpaired) electrons. The number of hydrogen-bond acceptors (Lipinski definition) is 5. The highest BCUT2D eigenvalue weighted by Crippen LogP contribution is 2.42. The molecule has 1 aromatic carbocycles. The van der Waals surface area contributed by atoms with Gasteiger partial charge in [0.05, 0.1) is 22.4 Å². The lowest BCUT2D eigenvalue weighted by Crippen LogP contribution is -2.48. The van der Waals surface area contributed by atoms with Crippen LogP contribution in [0.3, 0.4) is 0 Å². The minimum atomic E-state index is -1.01. The summed E-state index contributed by atoms with van der Waals surface area (Å²) in [5.41, 5.74) is 2.05. The van der Waals surface area contributed by atoms with Crippen LogP contribution in [0, 0.1) is 5.92 Å². The van der Waals surface area contributed by atoms with Crippen molar-refractivity contribution < 1.29 is 23.8 Å². The number of rotatable bonds is 7. The molecule has 1 unspecified atom stereocenters. The third-order valence-corrected chi connectivity index (χ3v) is 9.40. The SMILES string of the molecule is CC(C)(O)C(C)(C)O[B]C1=C[C@@](C)(Oc2cc(B3OC(C)(C)C(C)(C)O3)cc3c2C=CCC3)C2C=CC=CC2=C1. The average Bonchev–Trinajstić information content (AvgIpc) is 3.08. The summed E-state index contributed by atoms with van der Waals surface area (Å²) in [7, 11) is 1.28. The zero-order valence-electron chi connectivity index (χ0n) is 25.5. The van der Waals surface area contributed by atoms with E-state index in [0.717, 1.165) is 40.7 Å². The second-order valence-corrected chi connectivity index (χ2v) is 13.7. The van der Waals surface area contributed by atoms with Crippen LogP contribution in [0.4, 0.5) is 0 Å². The van der Waals surface area contributed by atoms with Crippen LogP contribution in [0.5, 0.6) is 5.75 Å². The Bertz CT molecular complexity index is 1310. The number of aryl methyl sites for hydroxylation is 1. The molecule has 0 aromatic heterocycles. The topological polar surface area (TPSA) is 57.2 Å². The lowest BCUT2D eigenvalue weighted by atomic mass is 9.69. The molecule has 4 aliphatic rings. The van der Waals surface area contributed by atoms with Crippen molar-refractivity contribution in [1.29, 1.82) is 0 Å². The van der Waals surface area contributed by atoms with Gasteiger partial charge >= 0.3 is 14.6 Å². The molecule has 0 spiro atoms. The predicted octanol–water partition coefficient (Wildman–Crippen LogP) is 5.83. The van der Waals surface area contributed by atoms with E-state index in [1.807, 2.05) is 13.8 Å². The first-order valence-electron chi connectivity index (χ1n) is 14.4. The second-order valence-electron chi connectivity index (χ2n) is 13.7. The quantitative estimate of drug-likeness (QED) is 0.440. The smallest absolute Gasteiger partial charge is 0.482 e. The monoisotopic (exact) mass is 541 g/mol. The molecule has 40 heavy (non-hydrogen) atoms. The standard InChI is InChI=1S/C33H43B2O5/c1-29(2,36)30(3,4)38-34-24-18-23-15-11-13-17-27(23)33(9,21-24)37-28-20-25(19-22-14-10-12-16-26(22)28)35-39-31(5,6)32(7,8)40-35/h11-13,15-21,27,36H,10,14H2,1-9H3/t27?,33-/m1/s1. The summed E-state index contributed by atoms with van der Waals surface area (Å²) in [5, 5.41) is 10.6. The molecular formula is C33H43B2O5. The summed E-state index contributed by atoms with van der Waals surface area (Å²) in [4.78, 5) is 0. The Labute approximate surface area is 241 Å². The molecule has 5 rings (SSSR count). The van der Waals surface area contributed by atoms with Gasteiger partial charge in [-0.1, -0.05) is 54.1 Å².